The molecule has 0 saturated carbocycles. The molecule has 7 N–H and O–H groups in total. The Bertz CT molecular complexity index is 953. The van der Waals surface area contributed by atoms with Crippen LogP contribution in [-0.2, 0) is 4.74 Å². The summed E-state index contributed by atoms with van der Waals surface area (Å²) in [5.74, 6) is -2.08. The van der Waals surface area contributed by atoms with E-state index >= 15 is 0 Å². The van der Waals surface area contributed by atoms with Crippen molar-refractivity contribution in [3.63, 3.8) is 0 Å². The zero-order chi connectivity index (χ0) is 22.7. The van der Waals surface area contributed by atoms with Crippen LogP contribution in [0.25, 0.3) is 6.08 Å². The molecule has 0 spiro atoms. The van der Waals surface area contributed by atoms with Gasteiger partial charge in [0.1, 0.15) is 53.0 Å². The molecule has 5 unspecified atom stereocenters. The molecule has 1 aliphatic heterocycles. The van der Waals surface area contributed by atoms with Crippen LogP contribution in [0, 0.1) is 0 Å². The number of benzene rings is 2. The SMILES string of the molecule is O=C(/C=C/c1ccc(O)cc1)c1c(O)cc(O)cc1OC1OC(CO)C(O)C(O)C1O. The Balaban J connectivity index is 1.89. The molecule has 2 aromatic rings. The van der Waals surface area contributed by atoms with Crippen LogP contribution in [0.1, 0.15) is 15.9 Å². The highest BCUT2D eigenvalue weighted by atomic mass is 16.7. The van der Waals surface area contributed by atoms with Crippen molar-refractivity contribution < 1.29 is 50.0 Å². The zero-order valence-electron chi connectivity index (χ0n) is 16.1. The van der Waals surface area contributed by atoms with Crippen molar-refractivity contribution in [2.75, 3.05) is 6.61 Å². The fourth-order valence-electron chi connectivity index (χ4n) is 3.06. The molecule has 10 nitrogen and oxygen atoms in total. The second-order valence-electron chi connectivity index (χ2n) is 6.94. The van der Waals surface area contributed by atoms with Gasteiger partial charge in [-0.15, -0.1) is 0 Å². The third kappa shape index (κ3) is 4.95. The highest BCUT2D eigenvalue weighted by Crippen LogP contribution is 2.36. The first-order chi connectivity index (χ1) is 14.7. The molecule has 31 heavy (non-hydrogen) atoms. The monoisotopic (exact) mass is 434 g/mol. The smallest absolute Gasteiger partial charge is 0.229 e. The maximum Gasteiger partial charge on any atom is 0.229 e. The number of carbonyl (C=O) groups excluding carboxylic acids is 1. The van der Waals surface area contributed by atoms with Crippen molar-refractivity contribution in [2.45, 2.75) is 30.7 Å². The lowest BCUT2D eigenvalue weighted by molar-refractivity contribution is -0.277. The molecule has 166 valence electrons. The van der Waals surface area contributed by atoms with Crippen LogP contribution in [0.2, 0.25) is 0 Å². The van der Waals surface area contributed by atoms with Crippen molar-refractivity contribution >= 4 is 11.9 Å². The Morgan fingerprint density at radius 1 is 0.968 bits per heavy atom. The summed E-state index contributed by atoms with van der Waals surface area (Å²) in [4.78, 5) is 12.7. The number of ketones is 1. The van der Waals surface area contributed by atoms with Crippen LogP contribution >= 0.6 is 0 Å². The molecule has 5 atom stereocenters. The lowest BCUT2D eigenvalue weighted by atomic mass is 9.99. The highest BCUT2D eigenvalue weighted by Gasteiger charge is 2.45. The molecule has 2 aromatic carbocycles. The van der Waals surface area contributed by atoms with Gasteiger partial charge in [-0.1, -0.05) is 18.2 Å². The number of aliphatic hydroxyl groups excluding tert-OH is 4. The van der Waals surface area contributed by atoms with Gasteiger partial charge in [0.05, 0.1) is 6.61 Å². The van der Waals surface area contributed by atoms with E-state index in [2.05, 4.69) is 0 Å². The van der Waals surface area contributed by atoms with Crippen LogP contribution in [0.5, 0.6) is 23.0 Å². The van der Waals surface area contributed by atoms with Crippen LogP contribution in [0.4, 0.5) is 0 Å². The molecular formula is C21H22O10. The molecule has 0 radical (unpaired) electrons. The number of allylic oxidation sites excluding steroid dienone is 1. The van der Waals surface area contributed by atoms with E-state index < -0.39 is 54.6 Å². The van der Waals surface area contributed by atoms with Gasteiger partial charge in [0.25, 0.3) is 0 Å². The van der Waals surface area contributed by atoms with Crippen molar-refractivity contribution in [3.8, 4) is 23.0 Å². The van der Waals surface area contributed by atoms with Crippen molar-refractivity contribution in [2.24, 2.45) is 0 Å². The molecule has 0 aliphatic carbocycles. The second kappa shape index (κ2) is 9.33. The minimum absolute atomic E-state index is 0.0508. The Hall–Kier alpha value is -3.15. The summed E-state index contributed by atoms with van der Waals surface area (Å²) in [6.45, 7) is -0.683. The predicted octanol–water partition coefficient (Wildman–Crippen LogP) is -0.122. The first kappa shape index (κ1) is 22.5. The molecule has 3 rings (SSSR count). The average Bonchev–Trinajstić information content (AvgIpc) is 2.73. The molecule has 0 bridgehead atoms. The summed E-state index contributed by atoms with van der Waals surface area (Å²) >= 11 is 0. The number of carbonyl (C=O) groups is 1. The molecule has 1 aliphatic rings. The Morgan fingerprint density at radius 2 is 1.65 bits per heavy atom. The minimum atomic E-state index is -1.75. The van der Waals surface area contributed by atoms with Crippen LogP contribution in [0.3, 0.4) is 0 Å². The minimum Gasteiger partial charge on any atom is -0.508 e. The van der Waals surface area contributed by atoms with E-state index in [0.29, 0.717) is 5.56 Å². The Kier molecular flexibility index (Phi) is 6.78. The summed E-state index contributed by atoms with van der Waals surface area (Å²) in [6.07, 6.45) is -5.39. The molecule has 0 aromatic heterocycles. The number of phenols is 3. The number of hydrogen-bond acceptors (Lipinski definition) is 10. The summed E-state index contributed by atoms with van der Waals surface area (Å²) in [5.41, 5.74) is 0.227. The first-order valence-corrected chi connectivity index (χ1v) is 9.26. The quantitative estimate of drug-likeness (QED) is 0.239. The van der Waals surface area contributed by atoms with Gasteiger partial charge in [-0.05, 0) is 23.8 Å². The molecular weight excluding hydrogens is 412 g/mol. The zero-order valence-corrected chi connectivity index (χ0v) is 16.1. The molecule has 1 heterocycles. The topological polar surface area (TPSA) is 177 Å². The molecule has 1 saturated heterocycles. The first-order valence-electron chi connectivity index (χ1n) is 9.26. The van der Waals surface area contributed by atoms with E-state index in [1.54, 1.807) is 12.1 Å². The summed E-state index contributed by atoms with van der Waals surface area (Å²) in [7, 11) is 0. The number of rotatable bonds is 6. The lowest BCUT2D eigenvalue weighted by Gasteiger charge is -2.39. The van der Waals surface area contributed by atoms with Gasteiger partial charge in [0, 0.05) is 12.1 Å². The standard InChI is InChI=1S/C21H22O10/c22-9-16-18(27)19(28)20(29)21(31-16)30-15-8-12(24)7-14(26)17(15)13(25)6-3-10-1-4-11(23)5-2-10/h1-8,16,18-24,26-29H,9H2/b6-3+. The van der Waals surface area contributed by atoms with E-state index in [1.165, 1.54) is 18.2 Å². The molecule has 10 heteroatoms. The van der Waals surface area contributed by atoms with Crippen molar-refractivity contribution in [3.05, 3.63) is 53.6 Å². The van der Waals surface area contributed by atoms with Crippen molar-refractivity contribution in [1.29, 1.82) is 0 Å². The largest absolute Gasteiger partial charge is 0.508 e. The second-order valence-corrected chi connectivity index (χ2v) is 6.94. The normalized spacial score (nSPS) is 26.1. The Morgan fingerprint density at radius 3 is 2.29 bits per heavy atom. The molecule has 1 fully saturated rings. The summed E-state index contributed by atoms with van der Waals surface area (Å²) in [5, 5.41) is 68.5. The van der Waals surface area contributed by atoms with E-state index in [1.807, 2.05) is 0 Å². The van der Waals surface area contributed by atoms with Crippen molar-refractivity contribution in [1.82, 2.24) is 0 Å². The Labute approximate surface area is 176 Å². The van der Waals surface area contributed by atoms with Crippen LogP contribution in [0.15, 0.2) is 42.5 Å². The third-order valence-electron chi connectivity index (χ3n) is 4.72. The predicted molar refractivity (Wildman–Crippen MR) is 106 cm³/mol. The number of phenolic OH excluding ortho intramolecular Hbond substituents is 3. The molecule has 0 amide bonds. The number of hydrogen-bond donors (Lipinski definition) is 7. The van der Waals surface area contributed by atoms with Gasteiger partial charge in [0.2, 0.25) is 6.29 Å². The van der Waals surface area contributed by atoms with Crippen LogP contribution < -0.4 is 4.74 Å². The van der Waals surface area contributed by atoms with Gasteiger partial charge >= 0.3 is 0 Å². The fourth-order valence-corrected chi connectivity index (χ4v) is 3.06. The van der Waals surface area contributed by atoms with Gasteiger partial charge in [0.15, 0.2) is 5.78 Å². The van der Waals surface area contributed by atoms with E-state index in [0.717, 1.165) is 18.2 Å². The highest BCUT2D eigenvalue weighted by molar-refractivity contribution is 6.10. The number of aromatic hydroxyl groups is 3. The summed E-state index contributed by atoms with van der Waals surface area (Å²) < 4.78 is 10.7. The summed E-state index contributed by atoms with van der Waals surface area (Å²) in [6, 6.07) is 7.89. The van der Waals surface area contributed by atoms with Gasteiger partial charge in [-0.2, -0.15) is 0 Å². The fraction of sp³-hybridized carbons (Fsp3) is 0.286. The average molecular weight is 434 g/mol. The van der Waals surface area contributed by atoms with Gasteiger partial charge in [-0.3, -0.25) is 4.79 Å². The maximum atomic E-state index is 12.7. The van der Waals surface area contributed by atoms with E-state index in [9.17, 15) is 40.5 Å². The van der Waals surface area contributed by atoms with Crippen LogP contribution in [-0.4, -0.2) is 78.8 Å². The van der Waals surface area contributed by atoms with E-state index in [4.69, 9.17) is 9.47 Å². The third-order valence-corrected chi connectivity index (χ3v) is 4.72. The maximum absolute atomic E-state index is 12.7. The van der Waals surface area contributed by atoms with E-state index in [-0.39, 0.29) is 17.1 Å². The number of aliphatic hydroxyl groups is 4. The van der Waals surface area contributed by atoms with Gasteiger partial charge < -0.3 is 45.2 Å². The van der Waals surface area contributed by atoms with Gasteiger partial charge in [-0.25, -0.2) is 0 Å². The lowest BCUT2D eigenvalue weighted by Crippen LogP contribution is -2.60. The number of ether oxygens (including phenoxy) is 2.